The summed E-state index contributed by atoms with van der Waals surface area (Å²) in [6, 6.07) is 0. The van der Waals surface area contributed by atoms with Gasteiger partial charge in [-0.3, -0.25) is 0 Å². The normalized spacial score (nSPS) is 8.40. The fourth-order valence-electron chi connectivity index (χ4n) is 0.348. The van der Waals surface area contributed by atoms with E-state index in [1.165, 1.54) is 0 Å². The summed E-state index contributed by atoms with van der Waals surface area (Å²) in [5.74, 6) is 0. The van der Waals surface area contributed by atoms with Crippen LogP contribution in [0.3, 0.4) is 0 Å². The van der Waals surface area contributed by atoms with Gasteiger partial charge in [-0.2, -0.15) is 0 Å². The summed E-state index contributed by atoms with van der Waals surface area (Å²) < 4.78 is 13.8. The van der Waals surface area contributed by atoms with E-state index in [2.05, 4.69) is 4.74 Å². The van der Waals surface area contributed by atoms with Crippen molar-refractivity contribution in [2.45, 2.75) is 6.42 Å². The van der Waals surface area contributed by atoms with E-state index < -0.39 is 0 Å². The quantitative estimate of drug-likeness (QED) is 0.558. The van der Waals surface area contributed by atoms with Gasteiger partial charge in [0.15, 0.2) is 0 Å². The van der Waals surface area contributed by atoms with Crippen molar-refractivity contribution in [1.82, 2.24) is 0 Å². The molecule has 0 aliphatic heterocycles. The molecule has 0 aliphatic rings. The molecule has 0 heterocycles. The average molecular weight is 150 g/mol. The van der Waals surface area contributed by atoms with Crippen LogP contribution >= 0.6 is 0 Å². The van der Waals surface area contributed by atoms with Crippen molar-refractivity contribution in [3.05, 3.63) is 0 Å². The first-order valence-corrected chi connectivity index (χ1v) is 3.21. The van der Waals surface area contributed by atoms with E-state index in [4.69, 9.17) is 9.47 Å². The predicted octanol–water partition coefficient (Wildman–Crippen LogP) is 0.932. The van der Waals surface area contributed by atoms with Crippen LogP contribution in [-0.4, -0.2) is 41.7 Å². The number of ether oxygens (including phenoxy) is 3. The van der Waals surface area contributed by atoms with Gasteiger partial charge in [0.2, 0.25) is 0 Å². The minimum Gasteiger partial charge on any atom is -0.388 e. The number of hydrogen-bond donors (Lipinski definition) is 0. The lowest BCUT2D eigenvalue weighted by Crippen LogP contribution is -1.94. The van der Waals surface area contributed by atoms with Crippen LogP contribution in [0.1, 0.15) is 6.42 Å². The minimum atomic E-state index is 0.799. The van der Waals surface area contributed by atoms with Gasteiger partial charge in [-0.1, -0.05) is 0 Å². The molecule has 0 spiro atoms. The fourth-order valence-corrected chi connectivity index (χ4v) is 0.348. The Labute approximate surface area is 63.3 Å². The maximum atomic E-state index is 4.76. The smallest absolute Gasteiger partial charge is 0.0484 e. The summed E-state index contributed by atoms with van der Waals surface area (Å²) in [5, 5.41) is 0. The summed E-state index contributed by atoms with van der Waals surface area (Å²) in [6.07, 6.45) is 0.993. The molecule has 0 aromatic rings. The third-order valence-electron chi connectivity index (χ3n) is 0.697. The van der Waals surface area contributed by atoms with Crippen LogP contribution in [0.4, 0.5) is 0 Å². The lowest BCUT2D eigenvalue weighted by Gasteiger charge is -1.94. The number of methoxy groups -OCH3 is 3. The molecule has 3 nitrogen and oxygen atoms in total. The Hall–Kier alpha value is -0.120. The number of hydrogen-bond acceptors (Lipinski definition) is 3. The van der Waals surface area contributed by atoms with Gasteiger partial charge in [0.25, 0.3) is 0 Å². The molecule has 0 aromatic heterocycles. The molecular weight excluding hydrogens is 132 g/mol. The van der Waals surface area contributed by atoms with Gasteiger partial charge < -0.3 is 14.2 Å². The van der Waals surface area contributed by atoms with Crippen molar-refractivity contribution < 1.29 is 14.2 Å². The zero-order valence-corrected chi connectivity index (χ0v) is 7.35. The first kappa shape index (κ1) is 12.5. The molecule has 0 saturated carbocycles. The molecule has 0 amide bonds. The molecule has 0 fully saturated rings. The molecule has 0 aliphatic carbocycles. The Bertz CT molecular complexity index is 35.8. The summed E-state index contributed by atoms with van der Waals surface area (Å²) in [6.45, 7) is 1.60. The molecule has 0 atom stereocenters. The van der Waals surface area contributed by atoms with Crippen LogP contribution in [-0.2, 0) is 14.2 Å². The van der Waals surface area contributed by atoms with Gasteiger partial charge in [0, 0.05) is 41.7 Å². The molecule has 0 bridgehead atoms. The molecule has 0 aromatic carbocycles. The molecule has 0 unspecified atom stereocenters. The second-order valence-electron chi connectivity index (χ2n) is 1.75. The zero-order chi connectivity index (χ0) is 8.24. The van der Waals surface area contributed by atoms with Crippen molar-refractivity contribution in [2.75, 3.05) is 41.7 Å². The van der Waals surface area contributed by atoms with Gasteiger partial charge in [-0.25, -0.2) is 0 Å². The zero-order valence-electron chi connectivity index (χ0n) is 7.35. The third kappa shape index (κ3) is 24.8. The molecule has 0 saturated heterocycles. The SMILES string of the molecule is COC.COCCCOC. The maximum absolute atomic E-state index is 4.76. The summed E-state index contributed by atoms with van der Waals surface area (Å²) in [5.41, 5.74) is 0. The van der Waals surface area contributed by atoms with Crippen LogP contribution in [0, 0.1) is 0 Å². The molecule has 10 heavy (non-hydrogen) atoms. The van der Waals surface area contributed by atoms with Crippen molar-refractivity contribution in [1.29, 1.82) is 0 Å². The topological polar surface area (TPSA) is 27.7 Å². The summed E-state index contributed by atoms with van der Waals surface area (Å²) >= 11 is 0. The monoisotopic (exact) mass is 150 g/mol. The maximum Gasteiger partial charge on any atom is 0.0484 e. The van der Waals surface area contributed by atoms with E-state index in [1.807, 2.05) is 0 Å². The standard InChI is InChI=1S/C5H12O2.C2H6O/c1-6-4-3-5-7-2;1-3-2/h3-5H2,1-2H3;1-2H3. The molecule has 0 rings (SSSR count). The number of rotatable bonds is 4. The summed E-state index contributed by atoms with van der Waals surface area (Å²) in [4.78, 5) is 0. The van der Waals surface area contributed by atoms with Crippen LogP contribution < -0.4 is 0 Å². The highest BCUT2D eigenvalue weighted by molar-refractivity contribution is 4.28. The fraction of sp³-hybridized carbons (Fsp3) is 1.00. The Morgan fingerprint density at radius 2 is 1.10 bits per heavy atom. The second kappa shape index (κ2) is 15.9. The average Bonchev–Trinajstić information content (AvgIpc) is 1.91. The van der Waals surface area contributed by atoms with Crippen LogP contribution in [0.2, 0.25) is 0 Å². The first-order chi connectivity index (χ1) is 4.83. The molecule has 0 radical (unpaired) electrons. The van der Waals surface area contributed by atoms with E-state index in [9.17, 15) is 0 Å². The highest BCUT2D eigenvalue weighted by Gasteiger charge is 1.79. The Kier molecular flexibility index (Phi) is 20.0. The van der Waals surface area contributed by atoms with Gasteiger partial charge in [-0.15, -0.1) is 0 Å². The highest BCUT2D eigenvalue weighted by atomic mass is 16.5. The van der Waals surface area contributed by atoms with E-state index in [0.29, 0.717) is 0 Å². The van der Waals surface area contributed by atoms with Crippen molar-refractivity contribution >= 4 is 0 Å². The van der Waals surface area contributed by atoms with Gasteiger partial charge in [0.05, 0.1) is 0 Å². The lowest BCUT2D eigenvalue weighted by atomic mass is 10.5. The molecule has 64 valence electrons. The van der Waals surface area contributed by atoms with Crippen molar-refractivity contribution in [3.8, 4) is 0 Å². The van der Waals surface area contributed by atoms with E-state index in [0.717, 1.165) is 19.6 Å². The van der Waals surface area contributed by atoms with Crippen LogP contribution in [0.5, 0.6) is 0 Å². The van der Waals surface area contributed by atoms with Gasteiger partial charge >= 0.3 is 0 Å². The largest absolute Gasteiger partial charge is 0.388 e. The lowest BCUT2D eigenvalue weighted by molar-refractivity contribution is 0.138. The minimum absolute atomic E-state index is 0.799. The van der Waals surface area contributed by atoms with E-state index in [1.54, 1.807) is 28.4 Å². The Morgan fingerprint density at radius 3 is 1.30 bits per heavy atom. The van der Waals surface area contributed by atoms with E-state index >= 15 is 0 Å². The van der Waals surface area contributed by atoms with Crippen molar-refractivity contribution in [3.63, 3.8) is 0 Å². The van der Waals surface area contributed by atoms with Gasteiger partial charge in [-0.05, 0) is 6.42 Å². The third-order valence-corrected chi connectivity index (χ3v) is 0.697. The second-order valence-corrected chi connectivity index (χ2v) is 1.75. The molecule has 0 N–H and O–H groups in total. The Balaban J connectivity index is 0. The van der Waals surface area contributed by atoms with Crippen LogP contribution in [0.25, 0.3) is 0 Å². The summed E-state index contributed by atoms with van der Waals surface area (Å²) in [7, 11) is 6.63. The first-order valence-electron chi connectivity index (χ1n) is 3.21. The molecular formula is C7H18O3. The van der Waals surface area contributed by atoms with Crippen LogP contribution in [0.15, 0.2) is 0 Å². The van der Waals surface area contributed by atoms with E-state index in [-0.39, 0.29) is 0 Å². The van der Waals surface area contributed by atoms with Gasteiger partial charge in [0.1, 0.15) is 0 Å². The highest BCUT2D eigenvalue weighted by Crippen LogP contribution is 1.78. The molecule has 3 heteroatoms. The Morgan fingerprint density at radius 1 is 0.800 bits per heavy atom. The van der Waals surface area contributed by atoms with Crippen molar-refractivity contribution in [2.24, 2.45) is 0 Å². The predicted molar refractivity (Wildman–Crippen MR) is 41.3 cm³/mol.